The van der Waals surface area contributed by atoms with E-state index in [0.717, 1.165) is 5.56 Å². The molecular formula is C19H18ClNO5. The van der Waals surface area contributed by atoms with E-state index in [-0.39, 0.29) is 19.1 Å². The van der Waals surface area contributed by atoms with Gasteiger partial charge in [0.15, 0.2) is 18.1 Å². The van der Waals surface area contributed by atoms with Gasteiger partial charge in [-0.2, -0.15) is 0 Å². The van der Waals surface area contributed by atoms with Gasteiger partial charge in [0.25, 0.3) is 5.91 Å². The van der Waals surface area contributed by atoms with Crippen LogP contribution in [0.1, 0.15) is 5.56 Å². The predicted octanol–water partition coefficient (Wildman–Crippen LogP) is 2.38. The molecule has 1 amide bonds. The van der Waals surface area contributed by atoms with Gasteiger partial charge < -0.3 is 19.5 Å². The lowest BCUT2D eigenvalue weighted by atomic mass is 10.1. The van der Waals surface area contributed by atoms with Crippen molar-refractivity contribution < 1.29 is 23.8 Å². The van der Waals surface area contributed by atoms with E-state index < -0.39 is 12.1 Å². The van der Waals surface area contributed by atoms with E-state index in [1.165, 1.54) is 0 Å². The van der Waals surface area contributed by atoms with E-state index in [1.807, 2.05) is 18.2 Å². The molecule has 0 bridgehead atoms. The number of halogens is 1. The standard InChI is InChI=1S/C19H18ClNO5/c20-14-7-5-13(6-8-14)9-10-21-18(22)12-25-19(23)17-11-24-15-3-1-2-4-16(15)26-17/h1-8,17H,9-12H2,(H,21,22)/t17-/m1/s1. The number of para-hydroxylation sites is 2. The van der Waals surface area contributed by atoms with E-state index >= 15 is 0 Å². The maximum absolute atomic E-state index is 12.0. The molecule has 0 aromatic heterocycles. The van der Waals surface area contributed by atoms with Crippen LogP contribution in [0.2, 0.25) is 5.02 Å². The highest BCUT2D eigenvalue weighted by Gasteiger charge is 2.29. The Labute approximate surface area is 156 Å². The summed E-state index contributed by atoms with van der Waals surface area (Å²) in [5.74, 6) is 0.0569. The number of hydrogen-bond acceptors (Lipinski definition) is 5. The zero-order chi connectivity index (χ0) is 18.4. The first-order chi connectivity index (χ1) is 12.6. The number of amides is 1. The molecule has 6 nitrogen and oxygen atoms in total. The van der Waals surface area contributed by atoms with Crippen LogP contribution >= 0.6 is 11.6 Å². The van der Waals surface area contributed by atoms with Crippen LogP contribution in [0.5, 0.6) is 11.5 Å². The molecule has 26 heavy (non-hydrogen) atoms. The van der Waals surface area contributed by atoms with Gasteiger partial charge in [-0.1, -0.05) is 35.9 Å². The predicted molar refractivity (Wildman–Crippen MR) is 95.5 cm³/mol. The third-order valence-corrected chi connectivity index (χ3v) is 4.02. The van der Waals surface area contributed by atoms with Crippen LogP contribution in [-0.2, 0) is 20.7 Å². The molecule has 0 unspecified atom stereocenters. The molecule has 0 saturated carbocycles. The lowest BCUT2D eigenvalue weighted by molar-refractivity contribution is -0.157. The Balaban J connectivity index is 1.37. The number of benzene rings is 2. The number of fused-ring (bicyclic) bond motifs is 1. The quantitative estimate of drug-likeness (QED) is 0.785. The molecule has 1 aliphatic heterocycles. The molecular weight excluding hydrogens is 358 g/mol. The number of carbonyl (C=O) groups excluding carboxylic acids is 2. The van der Waals surface area contributed by atoms with Crippen molar-refractivity contribution >= 4 is 23.5 Å². The normalized spacial score (nSPS) is 15.2. The molecule has 3 rings (SSSR count). The van der Waals surface area contributed by atoms with Crippen LogP contribution in [0, 0.1) is 0 Å². The Morgan fingerprint density at radius 1 is 1.12 bits per heavy atom. The van der Waals surface area contributed by atoms with Crippen LogP contribution in [0.15, 0.2) is 48.5 Å². The zero-order valence-corrected chi connectivity index (χ0v) is 14.7. The van der Waals surface area contributed by atoms with Crippen molar-refractivity contribution in [2.45, 2.75) is 12.5 Å². The summed E-state index contributed by atoms with van der Waals surface area (Å²) in [6.45, 7) is 0.128. The Bertz CT molecular complexity index is 778. The molecule has 1 aliphatic rings. The van der Waals surface area contributed by atoms with Crippen LogP contribution in [0.3, 0.4) is 0 Å². The molecule has 136 valence electrons. The number of carbonyl (C=O) groups is 2. The second kappa shape index (κ2) is 8.58. The first-order valence-corrected chi connectivity index (χ1v) is 8.56. The van der Waals surface area contributed by atoms with Gasteiger partial charge in [-0.15, -0.1) is 0 Å². The highest BCUT2D eigenvalue weighted by atomic mass is 35.5. The third kappa shape index (κ3) is 4.89. The fourth-order valence-electron chi connectivity index (χ4n) is 2.41. The second-order valence-electron chi connectivity index (χ2n) is 5.70. The molecule has 2 aromatic carbocycles. The van der Waals surface area contributed by atoms with Gasteiger partial charge in [-0.3, -0.25) is 4.79 Å². The lowest BCUT2D eigenvalue weighted by Crippen LogP contribution is -2.39. The van der Waals surface area contributed by atoms with Crippen LogP contribution in [0.25, 0.3) is 0 Å². The SMILES string of the molecule is O=C(COC(=O)[C@H]1COc2ccccc2O1)NCCc1ccc(Cl)cc1. The first-order valence-electron chi connectivity index (χ1n) is 8.18. The summed E-state index contributed by atoms with van der Waals surface area (Å²) in [5, 5.41) is 3.37. The number of ether oxygens (including phenoxy) is 3. The van der Waals surface area contributed by atoms with E-state index in [4.69, 9.17) is 25.8 Å². The molecule has 0 fully saturated rings. The Kier molecular flexibility index (Phi) is 5.96. The fourth-order valence-corrected chi connectivity index (χ4v) is 2.54. The average Bonchev–Trinajstić information content (AvgIpc) is 2.67. The minimum absolute atomic E-state index is 0.0496. The van der Waals surface area contributed by atoms with Crippen LogP contribution < -0.4 is 14.8 Å². The summed E-state index contributed by atoms with van der Waals surface area (Å²) in [6.07, 6.45) is -0.223. The molecule has 0 spiro atoms. The molecule has 1 N–H and O–H groups in total. The Morgan fingerprint density at radius 2 is 1.85 bits per heavy atom. The van der Waals surface area contributed by atoms with Crippen molar-refractivity contribution in [3.05, 3.63) is 59.1 Å². The van der Waals surface area contributed by atoms with Gasteiger partial charge >= 0.3 is 5.97 Å². The van der Waals surface area contributed by atoms with Crippen molar-refractivity contribution in [2.75, 3.05) is 19.8 Å². The number of nitrogens with one attached hydrogen (secondary N) is 1. The first kappa shape index (κ1) is 18.1. The van der Waals surface area contributed by atoms with Gasteiger partial charge in [0.2, 0.25) is 6.10 Å². The van der Waals surface area contributed by atoms with Gasteiger partial charge in [0.1, 0.15) is 6.61 Å². The lowest BCUT2D eigenvalue weighted by Gasteiger charge is -2.24. The maximum Gasteiger partial charge on any atom is 0.351 e. The highest BCUT2D eigenvalue weighted by molar-refractivity contribution is 6.30. The summed E-state index contributed by atoms with van der Waals surface area (Å²) >= 11 is 5.82. The zero-order valence-electron chi connectivity index (χ0n) is 13.9. The molecule has 0 radical (unpaired) electrons. The van der Waals surface area contributed by atoms with Crippen LogP contribution in [-0.4, -0.2) is 37.7 Å². The van der Waals surface area contributed by atoms with Gasteiger partial charge in [0, 0.05) is 11.6 Å². The fraction of sp³-hybridized carbons (Fsp3) is 0.263. The topological polar surface area (TPSA) is 73.9 Å². The number of rotatable bonds is 6. The number of esters is 1. The van der Waals surface area contributed by atoms with E-state index in [1.54, 1.807) is 30.3 Å². The molecule has 1 heterocycles. The molecule has 1 atom stereocenters. The largest absolute Gasteiger partial charge is 0.485 e. The molecule has 0 saturated heterocycles. The average molecular weight is 376 g/mol. The summed E-state index contributed by atoms with van der Waals surface area (Å²) in [4.78, 5) is 23.8. The van der Waals surface area contributed by atoms with E-state index in [2.05, 4.69) is 5.32 Å². The van der Waals surface area contributed by atoms with Crippen molar-refractivity contribution in [3.8, 4) is 11.5 Å². The summed E-state index contributed by atoms with van der Waals surface area (Å²) in [6, 6.07) is 14.4. The molecule has 0 aliphatic carbocycles. The maximum atomic E-state index is 12.0. The van der Waals surface area contributed by atoms with Gasteiger partial charge in [0.05, 0.1) is 0 Å². The Hall–Kier alpha value is -2.73. The summed E-state index contributed by atoms with van der Waals surface area (Å²) < 4.78 is 16.0. The minimum atomic E-state index is -0.883. The minimum Gasteiger partial charge on any atom is -0.485 e. The van der Waals surface area contributed by atoms with Crippen molar-refractivity contribution in [1.29, 1.82) is 0 Å². The third-order valence-electron chi connectivity index (χ3n) is 3.77. The summed E-state index contributed by atoms with van der Waals surface area (Å²) in [5.41, 5.74) is 1.05. The van der Waals surface area contributed by atoms with Crippen molar-refractivity contribution in [3.63, 3.8) is 0 Å². The monoisotopic (exact) mass is 375 g/mol. The second-order valence-corrected chi connectivity index (χ2v) is 6.13. The van der Waals surface area contributed by atoms with Crippen LogP contribution in [0.4, 0.5) is 0 Å². The smallest absolute Gasteiger partial charge is 0.351 e. The highest BCUT2D eigenvalue weighted by Crippen LogP contribution is 2.31. The molecule has 7 heteroatoms. The summed E-state index contributed by atoms with van der Waals surface area (Å²) in [7, 11) is 0. The van der Waals surface area contributed by atoms with Crippen molar-refractivity contribution in [2.24, 2.45) is 0 Å². The number of hydrogen-bond donors (Lipinski definition) is 1. The molecule has 2 aromatic rings. The Morgan fingerprint density at radius 3 is 2.62 bits per heavy atom. The van der Waals surface area contributed by atoms with Crippen molar-refractivity contribution in [1.82, 2.24) is 5.32 Å². The van der Waals surface area contributed by atoms with E-state index in [9.17, 15) is 9.59 Å². The van der Waals surface area contributed by atoms with E-state index in [0.29, 0.717) is 29.5 Å². The van der Waals surface area contributed by atoms with Gasteiger partial charge in [-0.05, 0) is 36.2 Å². The van der Waals surface area contributed by atoms with Gasteiger partial charge in [-0.25, -0.2) is 4.79 Å².